The Morgan fingerprint density at radius 2 is 1.86 bits per heavy atom. The van der Waals surface area contributed by atoms with Gasteiger partial charge in [0.25, 0.3) is 0 Å². The summed E-state index contributed by atoms with van der Waals surface area (Å²) in [6.07, 6.45) is 1.12. The van der Waals surface area contributed by atoms with Gasteiger partial charge in [0.2, 0.25) is 0 Å². The highest BCUT2D eigenvalue weighted by Gasteiger charge is 2.21. The van der Waals surface area contributed by atoms with Crippen LogP contribution in [0.15, 0.2) is 24.3 Å². The lowest BCUT2D eigenvalue weighted by atomic mass is 9.99. The van der Waals surface area contributed by atoms with Gasteiger partial charge in [-0.15, -0.1) is 0 Å². The second kappa shape index (κ2) is 7.88. The van der Waals surface area contributed by atoms with Crippen LogP contribution in [0.25, 0.3) is 0 Å². The van der Waals surface area contributed by atoms with Crippen LogP contribution in [0.1, 0.15) is 32.3 Å². The van der Waals surface area contributed by atoms with Crippen LogP contribution >= 0.6 is 11.6 Å². The fourth-order valence-corrected chi connectivity index (χ4v) is 1.93. The van der Waals surface area contributed by atoms with Gasteiger partial charge in [0.1, 0.15) is 0 Å². The number of carbonyl (C=O) groups excluding carboxylic acids is 1. The van der Waals surface area contributed by atoms with Gasteiger partial charge in [0, 0.05) is 23.5 Å². The standard InChI is InChI=1S/C15H21ClN2O3/c1-15(2,9-7-13(19)20)18-14(21)17-10-8-11-3-5-12(16)6-4-11/h3-6H,7-10H2,1-2H3,(H,19,20)(H2,17,18,21). The minimum atomic E-state index is -0.868. The molecule has 21 heavy (non-hydrogen) atoms. The zero-order chi connectivity index (χ0) is 15.9. The molecular weight excluding hydrogens is 292 g/mol. The van der Waals surface area contributed by atoms with E-state index in [1.807, 2.05) is 24.3 Å². The second-order valence-electron chi connectivity index (χ2n) is 5.53. The lowest BCUT2D eigenvalue weighted by molar-refractivity contribution is -0.137. The van der Waals surface area contributed by atoms with E-state index in [9.17, 15) is 9.59 Å². The molecule has 0 atom stereocenters. The molecular formula is C15H21ClN2O3. The first-order valence-electron chi connectivity index (χ1n) is 6.81. The summed E-state index contributed by atoms with van der Waals surface area (Å²) in [5.74, 6) is -0.868. The first-order valence-corrected chi connectivity index (χ1v) is 7.18. The maximum absolute atomic E-state index is 11.8. The maximum Gasteiger partial charge on any atom is 0.315 e. The monoisotopic (exact) mass is 312 g/mol. The van der Waals surface area contributed by atoms with Crippen molar-refractivity contribution >= 4 is 23.6 Å². The molecule has 116 valence electrons. The molecule has 0 aliphatic heterocycles. The lowest BCUT2D eigenvalue weighted by Crippen LogP contribution is -2.48. The Bertz CT molecular complexity index is 486. The molecule has 2 amide bonds. The van der Waals surface area contributed by atoms with E-state index in [-0.39, 0.29) is 12.5 Å². The Balaban J connectivity index is 2.30. The van der Waals surface area contributed by atoms with Crippen molar-refractivity contribution in [3.8, 4) is 0 Å². The minimum Gasteiger partial charge on any atom is -0.481 e. The summed E-state index contributed by atoms with van der Waals surface area (Å²) < 4.78 is 0. The summed E-state index contributed by atoms with van der Waals surface area (Å²) in [4.78, 5) is 22.3. The molecule has 6 heteroatoms. The zero-order valence-electron chi connectivity index (χ0n) is 12.3. The molecule has 0 radical (unpaired) electrons. The highest BCUT2D eigenvalue weighted by Crippen LogP contribution is 2.11. The quantitative estimate of drug-likeness (QED) is 0.724. The van der Waals surface area contributed by atoms with E-state index in [0.717, 1.165) is 5.56 Å². The Labute approximate surface area is 129 Å². The van der Waals surface area contributed by atoms with Crippen molar-refractivity contribution in [3.05, 3.63) is 34.9 Å². The van der Waals surface area contributed by atoms with Crippen molar-refractivity contribution in [3.63, 3.8) is 0 Å². The minimum absolute atomic E-state index is 0.0258. The van der Waals surface area contributed by atoms with Crippen LogP contribution in [0.2, 0.25) is 5.02 Å². The maximum atomic E-state index is 11.8. The Hall–Kier alpha value is -1.75. The van der Waals surface area contributed by atoms with E-state index in [1.165, 1.54) is 0 Å². The molecule has 0 unspecified atom stereocenters. The molecule has 5 nitrogen and oxygen atoms in total. The van der Waals surface area contributed by atoms with Gasteiger partial charge < -0.3 is 15.7 Å². The molecule has 0 fully saturated rings. The first-order chi connectivity index (χ1) is 9.78. The number of urea groups is 1. The first kappa shape index (κ1) is 17.3. The molecule has 0 heterocycles. The molecule has 0 spiro atoms. The molecule has 0 aromatic heterocycles. The number of carboxylic acids is 1. The van der Waals surface area contributed by atoms with Gasteiger partial charge in [-0.3, -0.25) is 4.79 Å². The highest BCUT2D eigenvalue weighted by molar-refractivity contribution is 6.30. The number of carbonyl (C=O) groups is 2. The van der Waals surface area contributed by atoms with E-state index >= 15 is 0 Å². The van der Waals surface area contributed by atoms with Crippen molar-refractivity contribution in [1.29, 1.82) is 0 Å². The smallest absolute Gasteiger partial charge is 0.315 e. The number of hydrogen-bond donors (Lipinski definition) is 3. The van der Waals surface area contributed by atoms with Crippen LogP contribution in [0.4, 0.5) is 4.79 Å². The number of benzene rings is 1. The van der Waals surface area contributed by atoms with Gasteiger partial charge in [-0.1, -0.05) is 23.7 Å². The third-order valence-corrected chi connectivity index (χ3v) is 3.28. The van der Waals surface area contributed by atoms with E-state index in [0.29, 0.717) is 24.4 Å². The summed E-state index contributed by atoms with van der Waals surface area (Å²) in [5.41, 5.74) is 0.535. The molecule has 0 aliphatic carbocycles. The van der Waals surface area contributed by atoms with Crippen molar-refractivity contribution < 1.29 is 14.7 Å². The Morgan fingerprint density at radius 1 is 1.24 bits per heavy atom. The van der Waals surface area contributed by atoms with Gasteiger partial charge in [-0.25, -0.2) is 4.79 Å². The van der Waals surface area contributed by atoms with Crippen LogP contribution in [-0.2, 0) is 11.2 Å². The van der Waals surface area contributed by atoms with Gasteiger partial charge in [0.05, 0.1) is 0 Å². The summed E-state index contributed by atoms with van der Waals surface area (Å²) in [7, 11) is 0. The second-order valence-corrected chi connectivity index (χ2v) is 5.97. The predicted octanol–water partition coefficient (Wildman–Crippen LogP) is 2.83. The highest BCUT2D eigenvalue weighted by atomic mass is 35.5. The largest absolute Gasteiger partial charge is 0.481 e. The molecule has 0 bridgehead atoms. The van der Waals surface area contributed by atoms with E-state index < -0.39 is 11.5 Å². The third-order valence-electron chi connectivity index (χ3n) is 3.03. The van der Waals surface area contributed by atoms with Crippen LogP contribution in [0.3, 0.4) is 0 Å². The number of halogens is 1. The summed E-state index contributed by atoms with van der Waals surface area (Å²) in [6.45, 7) is 4.10. The molecule has 0 aliphatic rings. The fourth-order valence-electron chi connectivity index (χ4n) is 1.80. The summed E-state index contributed by atoms with van der Waals surface area (Å²) in [5, 5.41) is 14.9. The number of amides is 2. The van der Waals surface area contributed by atoms with Gasteiger partial charge in [0.15, 0.2) is 0 Å². The zero-order valence-corrected chi connectivity index (χ0v) is 13.0. The molecule has 0 saturated carbocycles. The summed E-state index contributed by atoms with van der Waals surface area (Å²) in [6, 6.07) is 7.16. The van der Waals surface area contributed by atoms with Crippen LogP contribution in [0, 0.1) is 0 Å². The fraction of sp³-hybridized carbons (Fsp3) is 0.467. The van der Waals surface area contributed by atoms with E-state index in [2.05, 4.69) is 10.6 Å². The molecule has 1 aromatic rings. The number of carboxylic acid groups (broad SMARTS) is 1. The molecule has 1 rings (SSSR count). The normalized spacial score (nSPS) is 11.0. The lowest BCUT2D eigenvalue weighted by Gasteiger charge is -2.25. The molecule has 1 aromatic carbocycles. The van der Waals surface area contributed by atoms with Crippen LogP contribution < -0.4 is 10.6 Å². The van der Waals surface area contributed by atoms with Crippen molar-refractivity contribution in [2.45, 2.75) is 38.6 Å². The average Bonchev–Trinajstić information content (AvgIpc) is 2.38. The Morgan fingerprint density at radius 3 is 2.43 bits per heavy atom. The number of hydrogen-bond acceptors (Lipinski definition) is 2. The van der Waals surface area contributed by atoms with Crippen LogP contribution in [-0.4, -0.2) is 29.2 Å². The Kier molecular flexibility index (Phi) is 6.49. The number of rotatable bonds is 7. The third kappa shape index (κ3) is 7.56. The van der Waals surface area contributed by atoms with Crippen molar-refractivity contribution in [1.82, 2.24) is 10.6 Å². The molecule has 3 N–H and O–H groups in total. The average molecular weight is 313 g/mol. The number of aliphatic carboxylic acids is 1. The van der Waals surface area contributed by atoms with Crippen molar-refractivity contribution in [2.75, 3.05) is 6.54 Å². The van der Waals surface area contributed by atoms with Gasteiger partial charge in [-0.05, 0) is 44.4 Å². The van der Waals surface area contributed by atoms with Crippen LogP contribution in [0.5, 0.6) is 0 Å². The predicted molar refractivity (Wildman–Crippen MR) is 82.6 cm³/mol. The van der Waals surface area contributed by atoms with Gasteiger partial charge >= 0.3 is 12.0 Å². The topological polar surface area (TPSA) is 78.4 Å². The van der Waals surface area contributed by atoms with Gasteiger partial charge in [-0.2, -0.15) is 0 Å². The van der Waals surface area contributed by atoms with E-state index in [1.54, 1.807) is 13.8 Å². The van der Waals surface area contributed by atoms with Crippen molar-refractivity contribution in [2.24, 2.45) is 0 Å². The van der Waals surface area contributed by atoms with E-state index in [4.69, 9.17) is 16.7 Å². The summed E-state index contributed by atoms with van der Waals surface area (Å²) >= 11 is 5.80. The number of nitrogens with one attached hydrogen (secondary N) is 2. The molecule has 0 saturated heterocycles. The SMILES string of the molecule is CC(C)(CCC(=O)O)NC(=O)NCCc1ccc(Cl)cc1.